The lowest BCUT2D eigenvalue weighted by Crippen LogP contribution is -2.40. The van der Waals surface area contributed by atoms with Crippen molar-refractivity contribution < 1.29 is 9.59 Å². The molecule has 0 saturated carbocycles. The maximum absolute atomic E-state index is 12.2. The van der Waals surface area contributed by atoms with Crippen LogP contribution in [0.5, 0.6) is 0 Å². The number of rotatable bonds is 5. The van der Waals surface area contributed by atoms with Gasteiger partial charge in [-0.3, -0.25) is 14.6 Å². The minimum atomic E-state index is -0.204. The van der Waals surface area contributed by atoms with E-state index >= 15 is 0 Å². The van der Waals surface area contributed by atoms with Crippen LogP contribution in [0.25, 0.3) is 0 Å². The Morgan fingerprint density at radius 2 is 1.96 bits per heavy atom. The zero-order chi connectivity index (χ0) is 16.8. The van der Waals surface area contributed by atoms with Crippen molar-refractivity contribution in [3.05, 3.63) is 59.4 Å². The topological polar surface area (TPSA) is 62.3 Å². The molecule has 1 N–H and O–H groups in total. The molecule has 2 amide bonds. The quantitative estimate of drug-likeness (QED) is 0.922. The SMILES string of the molecule is CC(=O)N(CC(=O)NCc1cccnc1)c1cccc(C)c1C. The molecule has 0 bridgehead atoms. The summed E-state index contributed by atoms with van der Waals surface area (Å²) in [6, 6.07) is 9.44. The van der Waals surface area contributed by atoms with Gasteiger partial charge in [0.15, 0.2) is 0 Å². The van der Waals surface area contributed by atoms with Crippen LogP contribution in [0.4, 0.5) is 5.69 Å². The fourth-order valence-corrected chi connectivity index (χ4v) is 2.30. The monoisotopic (exact) mass is 311 g/mol. The Kier molecular flexibility index (Phi) is 5.46. The van der Waals surface area contributed by atoms with Crippen LogP contribution in [0.15, 0.2) is 42.7 Å². The summed E-state index contributed by atoms with van der Waals surface area (Å²) in [6.07, 6.45) is 3.39. The molecular formula is C18H21N3O2. The summed E-state index contributed by atoms with van der Waals surface area (Å²) < 4.78 is 0. The van der Waals surface area contributed by atoms with E-state index in [2.05, 4.69) is 10.3 Å². The van der Waals surface area contributed by atoms with E-state index < -0.39 is 0 Å². The summed E-state index contributed by atoms with van der Waals surface area (Å²) in [5, 5.41) is 2.82. The van der Waals surface area contributed by atoms with Crippen molar-refractivity contribution >= 4 is 17.5 Å². The van der Waals surface area contributed by atoms with Gasteiger partial charge in [-0.25, -0.2) is 0 Å². The predicted octanol–water partition coefficient (Wildman–Crippen LogP) is 2.37. The number of nitrogens with one attached hydrogen (secondary N) is 1. The second-order valence-corrected chi connectivity index (χ2v) is 5.46. The van der Waals surface area contributed by atoms with Gasteiger partial charge in [0.05, 0.1) is 0 Å². The molecule has 0 aliphatic heterocycles. The number of carbonyl (C=O) groups is 2. The Hall–Kier alpha value is -2.69. The number of amides is 2. The van der Waals surface area contributed by atoms with E-state index in [9.17, 15) is 9.59 Å². The van der Waals surface area contributed by atoms with Crippen molar-refractivity contribution in [2.45, 2.75) is 27.3 Å². The lowest BCUT2D eigenvalue weighted by molar-refractivity contribution is -0.123. The number of carbonyl (C=O) groups excluding carboxylic acids is 2. The molecule has 0 aliphatic carbocycles. The number of aromatic nitrogens is 1. The van der Waals surface area contributed by atoms with E-state index in [4.69, 9.17) is 0 Å². The van der Waals surface area contributed by atoms with Crippen LogP contribution in [0.1, 0.15) is 23.6 Å². The molecule has 0 unspecified atom stereocenters. The highest BCUT2D eigenvalue weighted by atomic mass is 16.2. The Balaban J connectivity index is 2.06. The fourth-order valence-electron chi connectivity index (χ4n) is 2.30. The smallest absolute Gasteiger partial charge is 0.240 e. The van der Waals surface area contributed by atoms with Crippen LogP contribution in [0.2, 0.25) is 0 Å². The summed E-state index contributed by atoms with van der Waals surface area (Å²) in [5.74, 6) is -0.361. The maximum atomic E-state index is 12.2. The largest absolute Gasteiger partial charge is 0.350 e. The van der Waals surface area contributed by atoms with E-state index in [1.165, 1.54) is 11.8 Å². The fraction of sp³-hybridized carbons (Fsp3) is 0.278. The van der Waals surface area contributed by atoms with Crippen LogP contribution in [-0.2, 0) is 16.1 Å². The Bertz CT molecular complexity index is 699. The molecule has 23 heavy (non-hydrogen) atoms. The zero-order valence-corrected chi connectivity index (χ0v) is 13.7. The molecule has 0 saturated heterocycles. The molecule has 2 rings (SSSR count). The molecular weight excluding hydrogens is 290 g/mol. The molecule has 0 aliphatic rings. The molecule has 0 fully saturated rings. The highest BCUT2D eigenvalue weighted by Gasteiger charge is 2.17. The van der Waals surface area contributed by atoms with Gasteiger partial charge in [0.25, 0.3) is 0 Å². The van der Waals surface area contributed by atoms with Crippen molar-refractivity contribution in [2.75, 3.05) is 11.4 Å². The molecule has 5 nitrogen and oxygen atoms in total. The second kappa shape index (κ2) is 7.54. The Morgan fingerprint density at radius 1 is 1.17 bits per heavy atom. The summed E-state index contributed by atoms with van der Waals surface area (Å²) in [7, 11) is 0. The number of hydrogen-bond donors (Lipinski definition) is 1. The number of hydrogen-bond acceptors (Lipinski definition) is 3. The molecule has 1 aromatic carbocycles. The predicted molar refractivity (Wildman–Crippen MR) is 90.0 cm³/mol. The highest BCUT2D eigenvalue weighted by Crippen LogP contribution is 2.22. The minimum Gasteiger partial charge on any atom is -0.350 e. The molecule has 0 radical (unpaired) electrons. The van der Waals surface area contributed by atoms with Crippen molar-refractivity contribution in [2.24, 2.45) is 0 Å². The van der Waals surface area contributed by atoms with Crippen LogP contribution in [0, 0.1) is 13.8 Å². The number of anilines is 1. The standard InChI is InChI=1S/C18H21N3O2/c1-13-6-4-8-17(14(13)2)21(15(3)22)12-18(23)20-11-16-7-5-9-19-10-16/h4-10H,11-12H2,1-3H3,(H,20,23). The van der Waals surface area contributed by atoms with Gasteiger partial charge in [-0.1, -0.05) is 18.2 Å². The average Bonchev–Trinajstić information content (AvgIpc) is 2.54. The van der Waals surface area contributed by atoms with Crippen LogP contribution in [0.3, 0.4) is 0 Å². The van der Waals surface area contributed by atoms with Gasteiger partial charge in [0.1, 0.15) is 6.54 Å². The van der Waals surface area contributed by atoms with E-state index in [-0.39, 0.29) is 18.4 Å². The van der Waals surface area contributed by atoms with Crippen molar-refractivity contribution in [3.8, 4) is 0 Å². The summed E-state index contributed by atoms with van der Waals surface area (Å²) in [6.45, 7) is 5.80. The Labute approximate surface area is 136 Å². The number of aryl methyl sites for hydroxylation is 1. The first-order valence-corrected chi connectivity index (χ1v) is 7.49. The van der Waals surface area contributed by atoms with E-state index in [0.717, 1.165) is 22.4 Å². The van der Waals surface area contributed by atoms with E-state index in [1.54, 1.807) is 12.4 Å². The lowest BCUT2D eigenvalue weighted by atomic mass is 10.1. The first-order valence-electron chi connectivity index (χ1n) is 7.49. The molecule has 1 aromatic heterocycles. The molecule has 1 heterocycles. The van der Waals surface area contributed by atoms with Gasteiger partial charge in [-0.05, 0) is 42.7 Å². The van der Waals surface area contributed by atoms with Crippen molar-refractivity contribution in [1.82, 2.24) is 10.3 Å². The van der Waals surface area contributed by atoms with E-state index in [0.29, 0.717) is 6.54 Å². The first-order chi connectivity index (χ1) is 11.0. The summed E-state index contributed by atoms with van der Waals surface area (Å²) >= 11 is 0. The molecule has 0 spiro atoms. The third-order valence-corrected chi connectivity index (χ3v) is 3.76. The van der Waals surface area contributed by atoms with Gasteiger partial charge < -0.3 is 10.2 Å². The second-order valence-electron chi connectivity index (χ2n) is 5.46. The molecule has 5 heteroatoms. The Morgan fingerprint density at radius 3 is 2.61 bits per heavy atom. The third-order valence-electron chi connectivity index (χ3n) is 3.76. The van der Waals surface area contributed by atoms with Crippen LogP contribution >= 0.6 is 0 Å². The lowest BCUT2D eigenvalue weighted by Gasteiger charge is -2.23. The van der Waals surface area contributed by atoms with Gasteiger partial charge in [0.2, 0.25) is 11.8 Å². The van der Waals surface area contributed by atoms with E-state index in [1.807, 2.05) is 44.2 Å². The number of benzene rings is 1. The molecule has 0 atom stereocenters. The maximum Gasteiger partial charge on any atom is 0.240 e. The number of pyridine rings is 1. The number of nitrogens with zero attached hydrogens (tertiary/aromatic N) is 2. The minimum absolute atomic E-state index is 0.000110. The van der Waals surface area contributed by atoms with Crippen molar-refractivity contribution in [1.29, 1.82) is 0 Å². The van der Waals surface area contributed by atoms with Crippen molar-refractivity contribution in [3.63, 3.8) is 0 Å². The average molecular weight is 311 g/mol. The first kappa shape index (κ1) is 16.7. The van der Waals surface area contributed by atoms with Gasteiger partial charge >= 0.3 is 0 Å². The van der Waals surface area contributed by atoms with Crippen LogP contribution < -0.4 is 10.2 Å². The van der Waals surface area contributed by atoms with Gasteiger partial charge in [-0.2, -0.15) is 0 Å². The normalized spacial score (nSPS) is 10.2. The van der Waals surface area contributed by atoms with Crippen LogP contribution in [-0.4, -0.2) is 23.3 Å². The molecule has 120 valence electrons. The highest BCUT2D eigenvalue weighted by molar-refractivity contribution is 5.98. The summed E-state index contributed by atoms with van der Waals surface area (Å²) in [4.78, 5) is 29.6. The third kappa shape index (κ3) is 4.39. The van der Waals surface area contributed by atoms with Gasteiger partial charge in [0, 0.05) is 31.5 Å². The summed E-state index contributed by atoms with van der Waals surface area (Å²) in [5.41, 5.74) is 3.78. The van der Waals surface area contributed by atoms with Gasteiger partial charge in [-0.15, -0.1) is 0 Å². The zero-order valence-electron chi connectivity index (χ0n) is 13.7. The molecule has 2 aromatic rings.